The zero-order chi connectivity index (χ0) is 21.2. The maximum atomic E-state index is 12.6. The van der Waals surface area contributed by atoms with Crippen molar-refractivity contribution in [2.45, 2.75) is 16.7 Å². The molecule has 2 N–H and O–H groups in total. The van der Waals surface area contributed by atoms with Crippen LogP contribution in [-0.2, 0) is 14.8 Å². The lowest BCUT2D eigenvalue weighted by atomic mass is 10.2. The van der Waals surface area contributed by atoms with Crippen LogP contribution in [0, 0.1) is 0 Å². The van der Waals surface area contributed by atoms with Gasteiger partial charge in [-0.15, -0.1) is 0 Å². The molecule has 29 heavy (non-hydrogen) atoms. The molecule has 0 amide bonds. The minimum Gasteiger partial charge on any atom is -0.462 e. The van der Waals surface area contributed by atoms with Gasteiger partial charge in [-0.1, -0.05) is 0 Å². The van der Waals surface area contributed by atoms with Crippen LogP contribution in [0.5, 0.6) is 0 Å². The van der Waals surface area contributed by atoms with Crippen LogP contribution in [0.3, 0.4) is 0 Å². The van der Waals surface area contributed by atoms with Crippen molar-refractivity contribution in [1.82, 2.24) is 9.38 Å². The molecule has 0 radical (unpaired) electrons. The molecular weight excluding hydrogens is 418 g/mol. The first-order valence-electron chi connectivity index (χ1n) is 8.25. The van der Waals surface area contributed by atoms with E-state index in [1.807, 2.05) is 0 Å². The second-order valence-corrected chi connectivity index (χ2v) is 8.30. The van der Waals surface area contributed by atoms with E-state index in [-0.39, 0.29) is 33.4 Å². The van der Waals surface area contributed by atoms with Gasteiger partial charge in [-0.3, -0.25) is 14.0 Å². The molecule has 0 saturated carbocycles. The van der Waals surface area contributed by atoms with Gasteiger partial charge in [-0.25, -0.2) is 23.3 Å². The lowest BCUT2D eigenvalue weighted by molar-refractivity contribution is 0.0523. The third kappa shape index (κ3) is 4.36. The minimum atomic E-state index is -3.86. The van der Waals surface area contributed by atoms with Crippen LogP contribution in [0.15, 0.2) is 63.4 Å². The first-order chi connectivity index (χ1) is 13.7. The van der Waals surface area contributed by atoms with Crippen molar-refractivity contribution < 1.29 is 22.7 Å². The summed E-state index contributed by atoms with van der Waals surface area (Å²) in [5, 5.41) is 4.66. The molecule has 0 spiro atoms. The standard InChI is InChI=1S/C18H15N3O6S2/c1-2-27-17(23)13-10-20-15-14(4-3-9-21(15)16(13)22)28-18(24)11-5-7-12(8-6-11)29(19,25)26/h3-10H,2H2,1H3,(H2,19,25,26). The molecule has 3 aromatic rings. The topological polar surface area (TPSA) is 138 Å². The highest BCUT2D eigenvalue weighted by molar-refractivity contribution is 8.14. The Morgan fingerprint density at radius 2 is 1.90 bits per heavy atom. The van der Waals surface area contributed by atoms with Gasteiger partial charge in [0.15, 0.2) is 5.65 Å². The van der Waals surface area contributed by atoms with Gasteiger partial charge in [-0.05, 0) is 55.1 Å². The predicted molar refractivity (Wildman–Crippen MR) is 105 cm³/mol. The average Bonchev–Trinajstić information content (AvgIpc) is 2.68. The second kappa shape index (κ2) is 8.15. The normalized spacial score (nSPS) is 11.4. The Morgan fingerprint density at radius 3 is 2.52 bits per heavy atom. The molecule has 3 rings (SSSR count). The average molecular weight is 433 g/mol. The molecule has 2 heterocycles. The molecule has 0 saturated heterocycles. The molecule has 0 aliphatic carbocycles. The number of benzene rings is 1. The summed E-state index contributed by atoms with van der Waals surface area (Å²) < 4.78 is 28.6. The van der Waals surface area contributed by atoms with E-state index in [0.29, 0.717) is 4.90 Å². The Morgan fingerprint density at radius 1 is 1.21 bits per heavy atom. The summed E-state index contributed by atoms with van der Waals surface area (Å²) in [5.41, 5.74) is -0.378. The Kier molecular flexibility index (Phi) is 5.82. The van der Waals surface area contributed by atoms with Crippen LogP contribution in [0.1, 0.15) is 27.6 Å². The third-order valence-corrected chi connectivity index (χ3v) is 5.70. The summed E-state index contributed by atoms with van der Waals surface area (Å²) in [6.07, 6.45) is 2.55. The number of primary sulfonamides is 1. The Balaban J connectivity index is 1.94. The number of aromatic nitrogens is 2. The number of esters is 1. The van der Waals surface area contributed by atoms with Gasteiger partial charge < -0.3 is 4.74 Å². The van der Waals surface area contributed by atoms with Crippen molar-refractivity contribution in [3.8, 4) is 0 Å². The van der Waals surface area contributed by atoms with Gasteiger partial charge in [0, 0.05) is 18.0 Å². The number of thioether (sulfide) groups is 1. The molecule has 150 valence electrons. The van der Waals surface area contributed by atoms with Crippen LogP contribution in [0.25, 0.3) is 5.65 Å². The number of pyridine rings is 1. The molecule has 0 bridgehead atoms. The predicted octanol–water partition coefficient (Wildman–Crippen LogP) is 1.45. The molecule has 0 aliphatic heterocycles. The number of hydrogen-bond acceptors (Lipinski definition) is 8. The smallest absolute Gasteiger partial charge is 0.345 e. The first kappa shape index (κ1) is 20.7. The second-order valence-electron chi connectivity index (χ2n) is 5.72. The summed E-state index contributed by atoms with van der Waals surface area (Å²) in [4.78, 5) is 41.4. The van der Waals surface area contributed by atoms with Crippen LogP contribution in [0.2, 0.25) is 0 Å². The van der Waals surface area contributed by atoms with E-state index in [9.17, 15) is 22.8 Å². The monoisotopic (exact) mass is 433 g/mol. The molecule has 1 aromatic carbocycles. The summed E-state index contributed by atoms with van der Waals surface area (Å²) >= 11 is 0.815. The highest BCUT2D eigenvalue weighted by Crippen LogP contribution is 2.26. The van der Waals surface area contributed by atoms with Crippen molar-refractivity contribution in [2.75, 3.05) is 6.61 Å². The number of nitrogens with two attached hydrogens (primary N) is 1. The van der Waals surface area contributed by atoms with Gasteiger partial charge >= 0.3 is 5.97 Å². The van der Waals surface area contributed by atoms with E-state index in [1.54, 1.807) is 19.1 Å². The molecular formula is C18H15N3O6S2. The molecule has 0 atom stereocenters. The highest BCUT2D eigenvalue weighted by Gasteiger charge is 2.18. The zero-order valence-corrected chi connectivity index (χ0v) is 16.7. The minimum absolute atomic E-state index is 0.107. The quantitative estimate of drug-likeness (QED) is 0.471. The summed E-state index contributed by atoms with van der Waals surface area (Å²) in [7, 11) is -3.86. The maximum Gasteiger partial charge on any atom is 0.345 e. The van der Waals surface area contributed by atoms with E-state index >= 15 is 0 Å². The molecule has 0 unspecified atom stereocenters. The summed E-state index contributed by atoms with van der Waals surface area (Å²) in [6, 6.07) is 8.32. The summed E-state index contributed by atoms with van der Waals surface area (Å²) in [6.45, 7) is 1.75. The lowest BCUT2D eigenvalue weighted by Crippen LogP contribution is -2.24. The van der Waals surface area contributed by atoms with Gasteiger partial charge in [-0.2, -0.15) is 0 Å². The van der Waals surface area contributed by atoms with E-state index in [4.69, 9.17) is 9.88 Å². The van der Waals surface area contributed by atoms with Crippen molar-refractivity contribution in [1.29, 1.82) is 0 Å². The third-order valence-electron chi connectivity index (χ3n) is 3.81. The van der Waals surface area contributed by atoms with Gasteiger partial charge in [0.1, 0.15) is 5.56 Å². The Bertz CT molecular complexity index is 1270. The van der Waals surface area contributed by atoms with E-state index < -0.39 is 21.6 Å². The molecule has 9 nitrogen and oxygen atoms in total. The fraction of sp³-hybridized carbons (Fsp3) is 0.111. The van der Waals surface area contributed by atoms with Gasteiger partial charge in [0.25, 0.3) is 5.56 Å². The van der Waals surface area contributed by atoms with Crippen molar-refractivity contribution in [2.24, 2.45) is 5.14 Å². The zero-order valence-electron chi connectivity index (χ0n) is 15.1. The molecule has 0 aliphatic rings. The largest absolute Gasteiger partial charge is 0.462 e. The fourth-order valence-electron chi connectivity index (χ4n) is 2.45. The number of nitrogens with zero attached hydrogens (tertiary/aromatic N) is 2. The SMILES string of the molecule is CCOC(=O)c1cnc2c(SC(=O)c3ccc(S(N)(=O)=O)cc3)cccn2c1=O. The number of fused-ring (bicyclic) bond motifs is 1. The number of rotatable bonds is 5. The maximum absolute atomic E-state index is 12.6. The van der Waals surface area contributed by atoms with Crippen molar-refractivity contribution in [3.63, 3.8) is 0 Å². The van der Waals surface area contributed by atoms with Crippen molar-refractivity contribution in [3.05, 3.63) is 70.3 Å². The molecule has 11 heteroatoms. The number of hydrogen-bond donors (Lipinski definition) is 1. The highest BCUT2D eigenvalue weighted by atomic mass is 32.2. The van der Waals surface area contributed by atoms with Crippen LogP contribution < -0.4 is 10.7 Å². The van der Waals surface area contributed by atoms with Crippen LogP contribution in [-0.4, -0.2) is 35.5 Å². The fourth-order valence-corrected chi connectivity index (χ4v) is 3.81. The molecule has 2 aromatic heterocycles. The van der Waals surface area contributed by atoms with E-state index in [2.05, 4.69) is 4.98 Å². The number of sulfonamides is 1. The Labute approximate surface area is 169 Å². The van der Waals surface area contributed by atoms with E-state index in [0.717, 1.165) is 22.4 Å². The summed E-state index contributed by atoms with van der Waals surface area (Å²) in [5.74, 6) is -0.775. The van der Waals surface area contributed by atoms with E-state index in [1.165, 1.54) is 30.5 Å². The number of carbonyl (C=O) groups excluding carboxylic acids is 2. The van der Waals surface area contributed by atoms with Crippen LogP contribution >= 0.6 is 11.8 Å². The number of carbonyl (C=O) groups is 2. The number of ether oxygens (including phenoxy) is 1. The Hall–Kier alpha value is -3.02. The lowest BCUT2D eigenvalue weighted by Gasteiger charge is -2.08. The van der Waals surface area contributed by atoms with Crippen molar-refractivity contribution >= 4 is 38.5 Å². The molecule has 0 fully saturated rings. The first-order valence-corrected chi connectivity index (χ1v) is 10.6. The van der Waals surface area contributed by atoms with Crippen LogP contribution in [0.4, 0.5) is 0 Å². The van der Waals surface area contributed by atoms with Gasteiger partial charge in [0.05, 0.1) is 16.4 Å². The van der Waals surface area contributed by atoms with Gasteiger partial charge in [0.2, 0.25) is 15.1 Å².